The van der Waals surface area contributed by atoms with Crippen molar-refractivity contribution in [2.45, 2.75) is 24.4 Å². The number of nitrogens with two attached hydrogens (primary N) is 1. The zero-order chi connectivity index (χ0) is 14.8. The van der Waals surface area contributed by atoms with Gasteiger partial charge in [-0.3, -0.25) is 4.79 Å². The van der Waals surface area contributed by atoms with Gasteiger partial charge in [-0.1, -0.05) is 0 Å². The Kier molecular flexibility index (Phi) is 4.21. The number of sulfonamides is 1. The second kappa shape index (κ2) is 5.17. The van der Waals surface area contributed by atoms with Crippen LogP contribution in [0.3, 0.4) is 0 Å². The summed E-state index contributed by atoms with van der Waals surface area (Å²) in [6, 6.07) is 3.45. The smallest absolute Gasteiger partial charge is 0.326 e. The molecule has 3 N–H and O–H groups in total. The molecule has 0 spiro atoms. The van der Waals surface area contributed by atoms with E-state index in [0.717, 1.165) is 6.07 Å². The van der Waals surface area contributed by atoms with E-state index in [1.807, 2.05) is 0 Å². The molecule has 19 heavy (non-hydrogen) atoms. The van der Waals surface area contributed by atoms with Gasteiger partial charge in [0.25, 0.3) is 0 Å². The number of benzene rings is 1. The number of primary sulfonamides is 1. The summed E-state index contributed by atoms with van der Waals surface area (Å²) in [6.07, 6.45) is -6.21. The number of carbonyl (C=O) groups excluding carboxylic acids is 1. The largest absolute Gasteiger partial charge is 0.397 e. The van der Waals surface area contributed by atoms with Gasteiger partial charge in [-0.15, -0.1) is 0 Å². The van der Waals surface area contributed by atoms with Gasteiger partial charge in [0.05, 0.1) is 4.90 Å². The van der Waals surface area contributed by atoms with Crippen molar-refractivity contribution in [2.75, 3.05) is 5.32 Å². The number of carbonyl (C=O) groups is 1. The first-order valence-electron chi connectivity index (χ1n) is 4.99. The molecule has 5 nitrogen and oxygen atoms in total. The topological polar surface area (TPSA) is 89.3 Å². The second-order valence-electron chi connectivity index (χ2n) is 3.86. The first-order valence-corrected chi connectivity index (χ1v) is 6.54. The summed E-state index contributed by atoms with van der Waals surface area (Å²) in [7, 11) is -3.89. The summed E-state index contributed by atoms with van der Waals surface area (Å²) in [5, 5.41) is 6.95. The van der Waals surface area contributed by atoms with Crippen LogP contribution in [0.1, 0.15) is 12.0 Å². The lowest BCUT2D eigenvalue weighted by Crippen LogP contribution is -2.21. The van der Waals surface area contributed by atoms with Gasteiger partial charge in [-0.05, 0) is 30.7 Å². The highest BCUT2D eigenvalue weighted by atomic mass is 32.2. The van der Waals surface area contributed by atoms with Crippen molar-refractivity contribution in [1.82, 2.24) is 0 Å². The lowest BCUT2D eigenvalue weighted by Gasteiger charge is -2.10. The monoisotopic (exact) mass is 296 g/mol. The minimum atomic E-state index is -4.60. The quantitative estimate of drug-likeness (QED) is 0.886. The van der Waals surface area contributed by atoms with E-state index in [1.54, 1.807) is 0 Å². The summed E-state index contributed by atoms with van der Waals surface area (Å²) < 4.78 is 58.0. The van der Waals surface area contributed by atoms with Crippen molar-refractivity contribution in [2.24, 2.45) is 5.14 Å². The molecule has 1 rings (SSSR count). The van der Waals surface area contributed by atoms with Gasteiger partial charge in [-0.2, -0.15) is 13.2 Å². The summed E-state index contributed by atoms with van der Waals surface area (Å²) in [6.45, 7) is 1.44. The van der Waals surface area contributed by atoms with Crippen LogP contribution in [0.25, 0.3) is 0 Å². The van der Waals surface area contributed by atoms with Crippen molar-refractivity contribution >= 4 is 21.6 Å². The van der Waals surface area contributed by atoms with Crippen LogP contribution in [0.2, 0.25) is 0 Å². The molecular weight excluding hydrogens is 285 g/mol. The van der Waals surface area contributed by atoms with E-state index in [9.17, 15) is 26.4 Å². The molecule has 0 atom stereocenters. The summed E-state index contributed by atoms with van der Waals surface area (Å²) in [5.41, 5.74) is 0.392. The predicted molar refractivity (Wildman–Crippen MR) is 61.9 cm³/mol. The molecule has 0 unspecified atom stereocenters. The third-order valence-corrected chi connectivity index (χ3v) is 3.07. The van der Waals surface area contributed by atoms with Crippen molar-refractivity contribution < 1.29 is 26.4 Å². The number of hydrogen-bond donors (Lipinski definition) is 2. The van der Waals surface area contributed by atoms with E-state index in [4.69, 9.17) is 5.14 Å². The Morgan fingerprint density at radius 1 is 1.37 bits per heavy atom. The lowest BCUT2D eigenvalue weighted by molar-refractivity contribution is -0.150. The number of rotatable bonds is 3. The molecule has 0 radical (unpaired) electrons. The molecule has 0 aliphatic rings. The lowest BCUT2D eigenvalue weighted by atomic mass is 10.2. The van der Waals surface area contributed by atoms with Crippen LogP contribution in [-0.2, 0) is 14.8 Å². The third-order valence-electron chi connectivity index (χ3n) is 2.16. The van der Waals surface area contributed by atoms with E-state index >= 15 is 0 Å². The minimum absolute atomic E-state index is 0.0988. The molecule has 0 aromatic heterocycles. The van der Waals surface area contributed by atoms with Crippen molar-refractivity contribution in [3.8, 4) is 0 Å². The molecule has 0 heterocycles. The molecule has 0 fully saturated rings. The van der Waals surface area contributed by atoms with E-state index < -0.39 is 28.5 Å². The number of aryl methyl sites for hydroxylation is 1. The minimum Gasteiger partial charge on any atom is -0.326 e. The number of alkyl halides is 3. The molecule has 0 saturated carbocycles. The first-order chi connectivity index (χ1) is 8.49. The van der Waals surface area contributed by atoms with Crippen LogP contribution in [0.5, 0.6) is 0 Å². The summed E-state index contributed by atoms with van der Waals surface area (Å²) >= 11 is 0. The normalized spacial score (nSPS) is 12.3. The van der Waals surface area contributed by atoms with Gasteiger partial charge in [0.15, 0.2) is 0 Å². The number of nitrogens with one attached hydrogen (secondary N) is 1. The van der Waals surface area contributed by atoms with Crippen LogP contribution in [0, 0.1) is 6.92 Å². The molecule has 0 aliphatic heterocycles. The number of halogens is 3. The molecule has 0 saturated heterocycles. The van der Waals surface area contributed by atoms with Gasteiger partial charge in [0.1, 0.15) is 6.42 Å². The van der Waals surface area contributed by atoms with Crippen LogP contribution in [0.15, 0.2) is 23.1 Å². The molecule has 9 heteroatoms. The Labute approximate surface area is 107 Å². The highest BCUT2D eigenvalue weighted by Gasteiger charge is 2.31. The second-order valence-corrected chi connectivity index (χ2v) is 5.42. The van der Waals surface area contributed by atoms with E-state index in [0.29, 0.717) is 5.56 Å². The standard InChI is InChI=1S/C10H11F3N2O3S/c1-6-4-7(19(14,17)18)2-3-8(6)15-9(16)5-10(11,12)13/h2-4H,5H2,1H3,(H,15,16)(H2,14,17,18). The van der Waals surface area contributed by atoms with Gasteiger partial charge in [0.2, 0.25) is 15.9 Å². The maximum atomic E-state index is 12.0. The molecule has 0 bridgehead atoms. The number of amides is 1. The van der Waals surface area contributed by atoms with Crippen molar-refractivity contribution in [3.63, 3.8) is 0 Å². The zero-order valence-corrected chi connectivity index (χ0v) is 10.6. The Bertz CT molecular complexity index is 597. The van der Waals surface area contributed by atoms with Crippen molar-refractivity contribution in [3.05, 3.63) is 23.8 Å². The Hall–Kier alpha value is -1.61. The average Bonchev–Trinajstić information content (AvgIpc) is 2.16. The van der Waals surface area contributed by atoms with Crippen LogP contribution in [-0.4, -0.2) is 20.5 Å². The van der Waals surface area contributed by atoms with E-state index in [2.05, 4.69) is 5.32 Å². The van der Waals surface area contributed by atoms with Crippen LogP contribution < -0.4 is 10.5 Å². The molecule has 106 valence electrons. The fraction of sp³-hybridized carbons (Fsp3) is 0.300. The molecule has 1 aromatic rings. The summed E-state index contributed by atoms with van der Waals surface area (Å²) in [5.74, 6) is -1.22. The van der Waals surface area contributed by atoms with Crippen molar-refractivity contribution in [1.29, 1.82) is 0 Å². The Morgan fingerprint density at radius 2 is 1.95 bits per heavy atom. The molecule has 0 aliphatic carbocycles. The van der Waals surface area contributed by atoms with E-state index in [-0.39, 0.29) is 10.6 Å². The number of hydrogen-bond acceptors (Lipinski definition) is 3. The fourth-order valence-corrected chi connectivity index (χ4v) is 1.93. The Balaban J connectivity index is 2.90. The van der Waals surface area contributed by atoms with Gasteiger partial charge >= 0.3 is 6.18 Å². The third kappa shape index (κ3) is 4.87. The maximum absolute atomic E-state index is 12.0. The molecule has 1 aromatic carbocycles. The zero-order valence-electron chi connectivity index (χ0n) is 9.78. The van der Waals surface area contributed by atoms with Crippen LogP contribution >= 0.6 is 0 Å². The fourth-order valence-electron chi connectivity index (χ4n) is 1.33. The SMILES string of the molecule is Cc1cc(S(N)(=O)=O)ccc1NC(=O)CC(F)(F)F. The average molecular weight is 296 g/mol. The van der Waals surface area contributed by atoms with Crippen LogP contribution in [0.4, 0.5) is 18.9 Å². The molecular formula is C10H11F3N2O3S. The summed E-state index contributed by atoms with van der Waals surface area (Å²) in [4.78, 5) is 10.9. The highest BCUT2D eigenvalue weighted by Crippen LogP contribution is 2.22. The first kappa shape index (κ1) is 15.4. The highest BCUT2D eigenvalue weighted by molar-refractivity contribution is 7.89. The molecule has 1 amide bonds. The Morgan fingerprint density at radius 3 is 2.37 bits per heavy atom. The number of anilines is 1. The predicted octanol–water partition coefficient (Wildman–Crippen LogP) is 1.53. The van der Waals surface area contributed by atoms with E-state index in [1.165, 1.54) is 19.1 Å². The van der Waals surface area contributed by atoms with Gasteiger partial charge in [-0.25, -0.2) is 13.6 Å². The van der Waals surface area contributed by atoms with Gasteiger partial charge in [0, 0.05) is 5.69 Å². The van der Waals surface area contributed by atoms with Gasteiger partial charge < -0.3 is 5.32 Å². The maximum Gasteiger partial charge on any atom is 0.397 e.